The second-order valence-electron chi connectivity index (χ2n) is 12.6. The molecule has 4 heterocycles. The number of carbonyl (C=O) groups is 3. The van der Waals surface area contributed by atoms with Crippen LogP contribution in [0, 0.1) is 12.8 Å². The van der Waals surface area contributed by atoms with Crippen molar-refractivity contribution in [3.63, 3.8) is 0 Å². The number of alkyl halides is 1. The van der Waals surface area contributed by atoms with Crippen molar-refractivity contribution in [3.05, 3.63) is 70.2 Å². The van der Waals surface area contributed by atoms with Gasteiger partial charge in [0, 0.05) is 60.0 Å². The van der Waals surface area contributed by atoms with Gasteiger partial charge in [-0.25, -0.2) is 9.59 Å². The van der Waals surface area contributed by atoms with Crippen molar-refractivity contribution in [1.82, 2.24) is 19.7 Å². The number of hydrogen-bond acceptors (Lipinski definition) is 7. The number of aromatic amines is 1. The molecule has 2 aromatic rings. The van der Waals surface area contributed by atoms with Crippen molar-refractivity contribution >= 4 is 40.0 Å². The Labute approximate surface area is 278 Å². The number of methoxy groups -OCH3 is 2. The topological polar surface area (TPSA) is 104 Å². The van der Waals surface area contributed by atoms with E-state index in [1.54, 1.807) is 29.1 Å². The van der Waals surface area contributed by atoms with Crippen LogP contribution in [0.15, 0.2) is 42.1 Å². The summed E-state index contributed by atoms with van der Waals surface area (Å²) in [5.74, 6) is -0.173. The lowest BCUT2D eigenvalue weighted by molar-refractivity contribution is -0.123. The molecule has 1 N–H and O–H groups in total. The highest BCUT2D eigenvalue weighted by Crippen LogP contribution is 2.51. The Kier molecular flexibility index (Phi) is 9.89. The molecule has 1 aromatic carbocycles. The van der Waals surface area contributed by atoms with E-state index < -0.39 is 12.1 Å². The average molecular weight is 696 g/mol. The summed E-state index contributed by atoms with van der Waals surface area (Å²) in [7, 11) is 2.98. The third kappa shape index (κ3) is 6.36. The zero-order valence-corrected chi connectivity index (χ0v) is 28.4. The Bertz CT molecular complexity index is 1500. The molecule has 1 aliphatic carbocycles. The van der Waals surface area contributed by atoms with Crippen LogP contribution in [0.1, 0.15) is 77.0 Å². The number of allylic oxidation sites excluding steroid dienone is 1. The number of rotatable bonds is 7. The standard InChI is InChI=1S/C35H43BrN4O6/c1-22-30(34(42)45-3)32-31-24(20-36)21-40(29(41)12-9-23-7-10-26(44-2)11-8-23)27(31)19-28(33(32)37-22)46-35(43)39-17-13-25(14-18-39)38-15-5-4-6-16-38/h7-12,19,24-25,28,31,37H,4-6,13-18,20-21H2,1-3H3/b12-9+/t24-,28?,31?/m1/s1. The van der Waals surface area contributed by atoms with Gasteiger partial charge in [0.1, 0.15) is 5.75 Å². The van der Waals surface area contributed by atoms with Crippen molar-refractivity contribution in [2.24, 2.45) is 5.92 Å². The van der Waals surface area contributed by atoms with E-state index in [4.69, 9.17) is 14.2 Å². The van der Waals surface area contributed by atoms with Gasteiger partial charge >= 0.3 is 12.1 Å². The van der Waals surface area contributed by atoms with Crippen molar-refractivity contribution in [1.29, 1.82) is 0 Å². The Morgan fingerprint density at radius 2 is 1.74 bits per heavy atom. The van der Waals surface area contributed by atoms with Gasteiger partial charge < -0.3 is 33.9 Å². The second-order valence-corrected chi connectivity index (χ2v) is 13.2. The van der Waals surface area contributed by atoms with E-state index in [9.17, 15) is 14.4 Å². The van der Waals surface area contributed by atoms with E-state index in [1.807, 2.05) is 37.3 Å². The molecule has 4 aliphatic rings. The van der Waals surface area contributed by atoms with Gasteiger partial charge in [0.2, 0.25) is 0 Å². The number of carbonyl (C=O) groups excluding carboxylic acids is 3. The summed E-state index contributed by atoms with van der Waals surface area (Å²) in [6.45, 7) is 5.84. The van der Waals surface area contributed by atoms with Crippen molar-refractivity contribution in [2.75, 3.05) is 52.3 Å². The highest BCUT2D eigenvalue weighted by molar-refractivity contribution is 9.09. The minimum Gasteiger partial charge on any atom is -0.497 e. The van der Waals surface area contributed by atoms with E-state index in [0.29, 0.717) is 48.0 Å². The normalized spacial score (nSPS) is 23.6. The molecule has 2 amide bonds. The van der Waals surface area contributed by atoms with Gasteiger partial charge in [0.05, 0.1) is 25.5 Å². The van der Waals surface area contributed by atoms with E-state index in [-0.39, 0.29) is 23.8 Å². The number of aromatic nitrogens is 1. The Hall–Kier alpha value is -3.57. The maximum atomic E-state index is 13.7. The van der Waals surface area contributed by atoms with Gasteiger partial charge in [-0.3, -0.25) is 4.79 Å². The average Bonchev–Trinajstić information content (AvgIpc) is 3.64. The number of H-pyrrole nitrogens is 1. The van der Waals surface area contributed by atoms with E-state index >= 15 is 0 Å². The monoisotopic (exact) mass is 694 g/mol. The third-order valence-corrected chi connectivity index (χ3v) is 10.8. The molecule has 0 spiro atoms. The number of nitrogens with one attached hydrogen (secondary N) is 1. The minimum absolute atomic E-state index is 0.00703. The number of nitrogens with zero attached hydrogens (tertiary/aromatic N) is 3. The predicted molar refractivity (Wildman–Crippen MR) is 178 cm³/mol. The second kappa shape index (κ2) is 14.0. The van der Waals surface area contributed by atoms with Crippen LogP contribution in [0.4, 0.5) is 4.79 Å². The number of benzene rings is 1. The summed E-state index contributed by atoms with van der Waals surface area (Å²) in [5.41, 5.74) is 4.08. The molecule has 0 bridgehead atoms. The van der Waals surface area contributed by atoms with Gasteiger partial charge in [0.15, 0.2) is 6.10 Å². The lowest BCUT2D eigenvalue weighted by Crippen LogP contribution is -2.48. The van der Waals surface area contributed by atoms with Gasteiger partial charge in [-0.15, -0.1) is 0 Å². The smallest absolute Gasteiger partial charge is 0.410 e. The molecule has 3 aliphatic heterocycles. The van der Waals surface area contributed by atoms with Gasteiger partial charge in [-0.05, 0) is 81.5 Å². The van der Waals surface area contributed by atoms with Crippen LogP contribution in [0.5, 0.6) is 5.75 Å². The first-order chi connectivity index (χ1) is 22.3. The van der Waals surface area contributed by atoms with E-state index in [2.05, 4.69) is 25.8 Å². The molecular weight excluding hydrogens is 652 g/mol. The van der Waals surface area contributed by atoms with E-state index in [0.717, 1.165) is 48.5 Å². The number of ether oxygens (including phenoxy) is 3. The zero-order chi connectivity index (χ0) is 32.4. The summed E-state index contributed by atoms with van der Waals surface area (Å²) in [4.78, 5) is 49.9. The van der Waals surface area contributed by atoms with Crippen LogP contribution >= 0.6 is 15.9 Å². The molecule has 0 radical (unpaired) electrons. The lowest BCUT2D eigenvalue weighted by atomic mass is 9.80. The van der Waals surface area contributed by atoms with E-state index in [1.165, 1.54) is 26.4 Å². The fourth-order valence-electron chi connectivity index (χ4n) is 7.55. The summed E-state index contributed by atoms with van der Waals surface area (Å²) in [6, 6.07) is 7.98. The third-order valence-electron chi connectivity index (χ3n) is 9.94. The van der Waals surface area contributed by atoms with Crippen LogP contribution in [-0.2, 0) is 14.3 Å². The molecule has 46 heavy (non-hydrogen) atoms. The van der Waals surface area contributed by atoms with Gasteiger partial charge in [-0.2, -0.15) is 0 Å². The summed E-state index contributed by atoms with van der Waals surface area (Å²) < 4.78 is 16.7. The van der Waals surface area contributed by atoms with Crippen LogP contribution in [0.3, 0.4) is 0 Å². The maximum absolute atomic E-state index is 13.7. The number of fused-ring (bicyclic) bond motifs is 3. The minimum atomic E-state index is -0.791. The first kappa shape index (κ1) is 32.4. The molecule has 3 saturated heterocycles. The molecular formula is C35H43BrN4O6. The highest BCUT2D eigenvalue weighted by atomic mass is 79.9. The molecule has 6 rings (SSSR count). The number of amides is 2. The van der Waals surface area contributed by atoms with Crippen LogP contribution in [0.2, 0.25) is 0 Å². The fourth-order valence-corrected chi connectivity index (χ4v) is 8.13. The number of esters is 1. The van der Waals surface area contributed by atoms with Gasteiger partial charge in [0.25, 0.3) is 5.91 Å². The SMILES string of the molecule is COC(=O)c1c(C)[nH]c2c1C1C(=CC2OC(=O)N2CCC(N3CCCCC3)CC2)N(C(=O)/C=C/c2ccc(OC)cc2)C[C@H]1CBr. The zero-order valence-electron chi connectivity index (χ0n) is 26.8. The van der Waals surface area contributed by atoms with Gasteiger partial charge in [-0.1, -0.05) is 34.5 Å². The molecule has 2 unspecified atom stereocenters. The number of piperidine rings is 2. The fraction of sp³-hybridized carbons (Fsp3) is 0.514. The molecule has 0 saturated carbocycles. The largest absolute Gasteiger partial charge is 0.497 e. The van der Waals surface area contributed by atoms with Crippen LogP contribution in [0.25, 0.3) is 6.08 Å². The number of hydrogen-bond donors (Lipinski definition) is 1. The Balaban J connectivity index is 1.27. The highest BCUT2D eigenvalue weighted by Gasteiger charge is 2.48. The molecule has 10 nitrogen and oxygen atoms in total. The number of aryl methyl sites for hydroxylation is 1. The molecule has 1 aromatic heterocycles. The maximum Gasteiger partial charge on any atom is 0.410 e. The molecule has 246 valence electrons. The summed E-state index contributed by atoms with van der Waals surface area (Å²) in [6.07, 6.45) is 9.69. The quantitative estimate of drug-likeness (QED) is 0.222. The molecule has 3 atom stereocenters. The number of likely N-dealkylation sites (tertiary alicyclic amines) is 3. The Morgan fingerprint density at radius 3 is 2.39 bits per heavy atom. The van der Waals surface area contributed by atoms with Crippen molar-refractivity contribution < 1.29 is 28.6 Å². The molecule has 11 heteroatoms. The first-order valence-corrected chi connectivity index (χ1v) is 17.4. The lowest BCUT2D eigenvalue weighted by Gasteiger charge is -2.40. The van der Waals surface area contributed by atoms with Crippen molar-refractivity contribution in [3.8, 4) is 5.75 Å². The van der Waals surface area contributed by atoms with Crippen LogP contribution in [-0.4, -0.2) is 96.0 Å². The number of halogens is 1. The Morgan fingerprint density at radius 1 is 1.02 bits per heavy atom. The van der Waals surface area contributed by atoms with Crippen molar-refractivity contribution in [2.45, 2.75) is 57.1 Å². The summed E-state index contributed by atoms with van der Waals surface area (Å²) in [5, 5.41) is 0.613. The predicted octanol–water partition coefficient (Wildman–Crippen LogP) is 5.79. The van der Waals surface area contributed by atoms with Crippen LogP contribution < -0.4 is 4.74 Å². The first-order valence-electron chi connectivity index (χ1n) is 16.2. The summed E-state index contributed by atoms with van der Waals surface area (Å²) >= 11 is 3.67. The molecule has 3 fully saturated rings.